The van der Waals surface area contributed by atoms with Crippen LogP contribution in [0, 0.1) is 19.3 Å². The zero-order valence-corrected chi connectivity index (χ0v) is 13.4. The lowest BCUT2D eigenvalue weighted by atomic mass is 9.81. The van der Waals surface area contributed by atoms with E-state index >= 15 is 0 Å². The third-order valence-corrected chi connectivity index (χ3v) is 4.17. The predicted octanol–water partition coefficient (Wildman–Crippen LogP) is 4.24. The first-order chi connectivity index (χ1) is 7.16. The standard InChI is InChI=1S/C13H20BrNO.ClH/c1-7-6-9(16)10(8(2)11(7)14)12(15)13(3,4)5;/h6,12,16H,15H2,1-5H3;1H/t12-;/m1./s1. The van der Waals surface area contributed by atoms with Gasteiger partial charge < -0.3 is 10.8 Å². The lowest BCUT2D eigenvalue weighted by molar-refractivity contribution is 0.316. The zero-order valence-electron chi connectivity index (χ0n) is 11.0. The van der Waals surface area contributed by atoms with Crippen molar-refractivity contribution in [3.05, 3.63) is 27.2 Å². The van der Waals surface area contributed by atoms with Crippen molar-refractivity contribution in [1.29, 1.82) is 0 Å². The highest BCUT2D eigenvalue weighted by Crippen LogP contribution is 2.40. The molecule has 1 rings (SSSR count). The number of halogens is 2. The molecule has 17 heavy (non-hydrogen) atoms. The Bertz CT molecular complexity index is 413. The van der Waals surface area contributed by atoms with Gasteiger partial charge in [0.15, 0.2) is 0 Å². The van der Waals surface area contributed by atoms with Crippen molar-refractivity contribution < 1.29 is 5.11 Å². The van der Waals surface area contributed by atoms with Crippen molar-refractivity contribution in [2.24, 2.45) is 11.1 Å². The molecule has 0 saturated carbocycles. The number of hydrogen-bond acceptors (Lipinski definition) is 2. The van der Waals surface area contributed by atoms with E-state index in [4.69, 9.17) is 5.73 Å². The first kappa shape index (κ1) is 16.8. The minimum Gasteiger partial charge on any atom is -0.508 e. The molecule has 0 fully saturated rings. The number of phenolic OH excluding ortho intramolecular Hbond substituents is 1. The van der Waals surface area contributed by atoms with Crippen LogP contribution in [0.25, 0.3) is 0 Å². The molecule has 1 aromatic rings. The van der Waals surface area contributed by atoms with Crippen molar-refractivity contribution in [2.75, 3.05) is 0 Å². The SMILES string of the molecule is Cc1cc(O)c([C@@H](N)C(C)(C)C)c(C)c1Br.Cl. The number of aromatic hydroxyl groups is 1. The van der Waals surface area contributed by atoms with Crippen LogP contribution in [0.15, 0.2) is 10.5 Å². The molecule has 2 nitrogen and oxygen atoms in total. The number of phenols is 1. The fourth-order valence-electron chi connectivity index (χ4n) is 1.78. The maximum absolute atomic E-state index is 10.0. The largest absolute Gasteiger partial charge is 0.508 e. The van der Waals surface area contributed by atoms with Crippen LogP contribution in [0.4, 0.5) is 0 Å². The van der Waals surface area contributed by atoms with Crippen LogP contribution < -0.4 is 5.73 Å². The van der Waals surface area contributed by atoms with Gasteiger partial charge in [0, 0.05) is 16.1 Å². The zero-order chi connectivity index (χ0) is 12.7. The van der Waals surface area contributed by atoms with Gasteiger partial charge in [-0.25, -0.2) is 0 Å². The Kier molecular flexibility index (Phi) is 5.51. The van der Waals surface area contributed by atoms with Gasteiger partial charge in [0.2, 0.25) is 0 Å². The molecule has 1 aromatic carbocycles. The average molecular weight is 323 g/mol. The first-order valence-electron chi connectivity index (χ1n) is 5.40. The van der Waals surface area contributed by atoms with Gasteiger partial charge in [-0.3, -0.25) is 0 Å². The second-order valence-corrected chi connectivity index (χ2v) is 6.20. The van der Waals surface area contributed by atoms with Crippen LogP contribution in [0.2, 0.25) is 0 Å². The lowest BCUT2D eigenvalue weighted by Crippen LogP contribution is -2.27. The van der Waals surface area contributed by atoms with Gasteiger partial charge in [-0.05, 0) is 36.5 Å². The lowest BCUT2D eigenvalue weighted by Gasteiger charge is -2.30. The molecule has 0 unspecified atom stereocenters. The fourth-order valence-corrected chi connectivity index (χ4v) is 2.11. The molecule has 98 valence electrons. The minimum atomic E-state index is -0.176. The van der Waals surface area contributed by atoms with E-state index in [2.05, 4.69) is 36.7 Å². The highest BCUT2D eigenvalue weighted by atomic mass is 79.9. The summed E-state index contributed by atoms with van der Waals surface area (Å²) in [7, 11) is 0. The van der Waals surface area contributed by atoms with Crippen molar-refractivity contribution in [2.45, 2.75) is 40.7 Å². The normalized spacial score (nSPS) is 13.1. The molecule has 0 spiro atoms. The first-order valence-corrected chi connectivity index (χ1v) is 6.19. The Morgan fingerprint density at radius 3 is 2.18 bits per heavy atom. The molecule has 1 atom stereocenters. The van der Waals surface area contributed by atoms with Gasteiger partial charge in [-0.2, -0.15) is 0 Å². The Morgan fingerprint density at radius 1 is 1.29 bits per heavy atom. The molecule has 3 N–H and O–H groups in total. The van der Waals surface area contributed by atoms with E-state index in [9.17, 15) is 5.11 Å². The molecule has 0 bridgehead atoms. The Morgan fingerprint density at radius 2 is 1.76 bits per heavy atom. The number of rotatable bonds is 1. The second kappa shape index (κ2) is 5.59. The molecule has 0 aromatic heterocycles. The van der Waals surface area contributed by atoms with E-state index in [1.807, 2.05) is 13.8 Å². The van der Waals surface area contributed by atoms with Gasteiger partial charge in [0.1, 0.15) is 5.75 Å². The van der Waals surface area contributed by atoms with E-state index in [1.54, 1.807) is 6.07 Å². The Hall–Kier alpha value is -0.250. The van der Waals surface area contributed by atoms with Gasteiger partial charge in [0.05, 0.1) is 0 Å². The summed E-state index contributed by atoms with van der Waals surface area (Å²) in [6, 6.07) is 1.59. The number of aryl methyl sites for hydroxylation is 1. The quantitative estimate of drug-likeness (QED) is 0.812. The van der Waals surface area contributed by atoms with Crippen LogP contribution in [-0.2, 0) is 0 Å². The van der Waals surface area contributed by atoms with Crippen LogP contribution in [0.5, 0.6) is 5.75 Å². The van der Waals surface area contributed by atoms with Crippen molar-refractivity contribution in [3.63, 3.8) is 0 Å². The van der Waals surface area contributed by atoms with Gasteiger partial charge in [-0.1, -0.05) is 36.7 Å². The summed E-state index contributed by atoms with van der Waals surface area (Å²) in [4.78, 5) is 0. The summed E-state index contributed by atoms with van der Waals surface area (Å²) in [5.74, 6) is 0.292. The fraction of sp³-hybridized carbons (Fsp3) is 0.538. The summed E-state index contributed by atoms with van der Waals surface area (Å²) in [6.45, 7) is 10.2. The maximum Gasteiger partial charge on any atom is 0.120 e. The highest BCUT2D eigenvalue weighted by Gasteiger charge is 2.27. The molecule has 0 aliphatic rings. The molecule has 0 aliphatic heterocycles. The molecule has 0 radical (unpaired) electrons. The second-order valence-electron chi connectivity index (χ2n) is 5.41. The summed E-state index contributed by atoms with van der Waals surface area (Å²) in [5, 5.41) is 10.0. The van der Waals surface area contributed by atoms with Gasteiger partial charge in [-0.15, -0.1) is 12.4 Å². The summed E-state index contributed by atoms with van der Waals surface area (Å²) in [6.07, 6.45) is 0. The number of benzene rings is 1. The van der Waals surface area contributed by atoms with E-state index < -0.39 is 0 Å². The summed E-state index contributed by atoms with van der Waals surface area (Å²) in [5.41, 5.74) is 9.03. The van der Waals surface area contributed by atoms with Crippen molar-refractivity contribution in [3.8, 4) is 5.75 Å². The van der Waals surface area contributed by atoms with Crippen molar-refractivity contribution in [1.82, 2.24) is 0 Å². The van der Waals surface area contributed by atoms with Crippen LogP contribution in [0.1, 0.15) is 43.5 Å². The molecule has 0 heterocycles. The third-order valence-electron chi connectivity index (χ3n) is 2.95. The topological polar surface area (TPSA) is 46.2 Å². The molecule has 0 aliphatic carbocycles. The number of nitrogens with two attached hydrogens (primary N) is 1. The Balaban J connectivity index is 0.00000256. The van der Waals surface area contributed by atoms with E-state index in [0.717, 1.165) is 21.2 Å². The third kappa shape index (κ3) is 3.36. The van der Waals surface area contributed by atoms with E-state index in [-0.39, 0.29) is 23.9 Å². The summed E-state index contributed by atoms with van der Waals surface area (Å²) >= 11 is 3.53. The Labute approximate surface area is 118 Å². The molecular formula is C13H21BrClNO. The summed E-state index contributed by atoms with van der Waals surface area (Å²) < 4.78 is 1.03. The maximum atomic E-state index is 10.0. The average Bonchev–Trinajstić information content (AvgIpc) is 2.13. The van der Waals surface area contributed by atoms with E-state index in [0.29, 0.717) is 5.75 Å². The number of hydrogen-bond donors (Lipinski definition) is 2. The molecule has 0 saturated heterocycles. The predicted molar refractivity (Wildman–Crippen MR) is 78.9 cm³/mol. The molecule has 0 amide bonds. The van der Waals surface area contributed by atoms with Crippen LogP contribution in [0.3, 0.4) is 0 Å². The highest BCUT2D eigenvalue weighted by molar-refractivity contribution is 9.10. The minimum absolute atomic E-state index is 0. The monoisotopic (exact) mass is 321 g/mol. The van der Waals surface area contributed by atoms with Gasteiger partial charge >= 0.3 is 0 Å². The van der Waals surface area contributed by atoms with Crippen molar-refractivity contribution >= 4 is 28.3 Å². The van der Waals surface area contributed by atoms with Crippen LogP contribution >= 0.6 is 28.3 Å². The van der Waals surface area contributed by atoms with Gasteiger partial charge in [0.25, 0.3) is 0 Å². The molecule has 4 heteroatoms. The van der Waals surface area contributed by atoms with Crippen LogP contribution in [-0.4, -0.2) is 5.11 Å². The molecular weight excluding hydrogens is 302 g/mol. The smallest absolute Gasteiger partial charge is 0.120 e. The van der Waals surface area contributed by atoms with E-state index in [1.165, 1.54) is 0 Å².